The lowest BCUT2D eigenvalue weighted by molar-refractivity contribution is 0.364. The van der Waals surface area contributed by atoms with Gasteiger partial charge < -0.3 is 4.52 Å². The van der Waals surface area contributed by atoms with Crippen molar-refractivity contribution in [2.45, 2.75) is 13.0 Å². The number of benzene rings is 1. The summed E-state index contributed by atoms with van der Waals surface area (Å²) in [4.78, 5) is 4.33. The molecule has 2 heterocycles. The van der Waals surface area contributed by atoms with Crippen LogP contribution in [0.1, 0.15) is 11.6 Å². The van der Waals surface area contributed by atoms with Crippen LogP contribution in [-0.2, 0) is 13.0 Å². The first-order chi connectivity index (χ1) is 10.2. The monoisotopic (exact) mass is 323 g/mol. The molecule has 0 saturated heterocycles. The Balaban J connectivity index is 1.73. The molecule has 8 heteroatoms. The van der Waals surface area contributed by atoms with Crippen LogP contribution in [0.2, 0.25) is 5.02 Å². The van der Waals surface area contributed by atoms with Gasteiger partial charge in [0.2, 0.25) is 11.7 Å². The Morgan fingerprint density at radius 3 is 2.76 bits per heavy atom. The number of halogens is 2. The van der Waals surface area contributed by atoms with Gasteiger partial charge in [-0.1, -0.05) is 22.0 Å². The van der Waals surface area contributed by atoms with E-state index in [2.05, 4.69) is 20.5 Å². The second-order valence-corrected chi connectivity index (χ2v) is 5.18. The predicted octanol–water partition coefficient (Wildman–Crippen LogP) is 2.81. The molecule has 1 aromatic carbocycles. The fraction of sp³-hybridized carbons (Fsp3) is 0.231. The molecule has 0 N–H and O–H groups in total. The first kappa shape index (κ1) is 14.0. The van der Waals surface area contributed by atoms with Crippen LogP contribution < -0.4 is 0 Å². The predicted molar refractivity (Wildman–Crippen MR) is 78.3 cm³/mol. The van der Waals surface area contributed by atoms with E-state index in [1.54, 1.807) is 16.8 Å². The highest BCUT2D eigenvalue weighted by Crippen LogP contribution is 2.18. The Bertz CT molecular complexity index is 722. The van der Waals surface area contributed by atoms with Gasteiger partial charge >= 0.3 is 0 Å². The quantitative estimate of drug-likeness (QED) is 0.675. The summed E-state index contributed by atoms with van der Waals surface area (Å²) in [5.41, 5.74) is 1.68. The van der Waals surface area contributed by atoms with Gasteiger partial charge in [0.05, 0.1) is 5.69 Å². The summed E-state index contributed by atoms with van der Waals surface area (Å²) in [7, 11) is 0. The third-order valence-corrected chi connectivity index (χ3v) is 3.25. The zero-order chi connectivity index (χ0) is 14.7. The Labute approximate surface area is 130 Å². The lowest BCUT2D eigenvalue weighted by atomic mass is 10.2. The van der Waals surface area contributed by atoms with Crippen LogP contribution in [0.15, 0.2) is 35.0 Å². The maximum atomic E-state index is 5.85. The summed E-state index contributed by atoms with van der Waals surface area (Å²) >= 11 is 11.5. The van der Waals surface area contributed by atoms with Crippen LogP contribution in [0.3, 0.4) is 0 Å². The molecule has 21 heavy (non-hydrogen) atoms. The molecule has 3 aromatic rings. The molecule has 0 unspecified atom stereocenters. The van der Waals surface area contributed by atoms with Crippen molar-refractivity contribution in [3.05, 3.63) is 47.1 Å². The smallest absolute Gasteiger partial charge is 0.248 e. The van der Waals surface area contributed by atoms with E-state index in [1.165, 1.54) is 0 Å². The molecule has 2 aromatic heterocycles. The summed E-state index contributed by atoms with van der Waals surface area (Å²) in [6.45, 7) is 0.371. The molecule has 0 radical (unpaired) electrons. The third-order valence-electron chi connectivity index (χ3n) is 2.80. The van der Waals surface area contributed by atoms with Gasteiger partial charge in [-0.05, 0) is 24.3 Å². The first-order valence-electron chi connectivity index (χ1n) is 6.28. The van der Waals surface area contributed by atoms with Crippen LogP contribution in [0.4, 0.5) is 0 Å². The van der Waals surface area contributed by atoms with Crippen molar-refractivity contribution < 1.29 is 4.52 Å². The second-order valence-electron chi connectivity index (χ2n) is 4.37. The fourth-order valence-corrected chi connectivity index (χ4v) is 2.12. The Hall–Kier alpha value is -1.92. The van der Waals surface area contributed by atoms with Crippen LogP contribution >= 0.6 is 23.2 Å². The van der Waals surface area contributed by atoms with Crippen LogP contribution in [0, 0.1) is 0 Å². The molecule has 0 aliphatic rings. The SMILES string of the molecule is ClCCc1cn(Cc2nc(-c3ccc(Cl)cc3)no2)nn1. The molecule has 0 aliphatic heterocycles. The highest BCUT2D eigenvalue weighted by atomic mass is 35.5. The van der Waals surface area contributed by atoms with Crippen LogP contribution in [0.5, 0.6) is 0 Å². The molecule has 0 spiro atoms. The number of hydrogen-bond donors (Lipinski definition) is 0. The summed E-state index contributed by atoms with van der Waals surface area (Å²) in [5.74, 6) is 1.49. The highest BCUT2D eigenvalue weighted by Gasteiger charge is 2.10. The second kappa shape index (κ2) is 6.24. The Morgan fingerprint density at radius 1 is 1.19 bits per heavy atom. The van der Waals surface area contributed by atoms with Crippen molar-refractivity contribution >= 4 is 23.2 Å². The van der Waals surface area contributed by atoms with Crippen molar-refractivity contribution in [2.24, 2.45) is 0 Å². The molecule has 0 atom stereocenters. The molecule has 0 fully saturated rings. The molecular formula is C13H11Cl2N5O. The molecule has 108 valence electrons. The number of rotatable bonds is 5. The van der Waals surface area contributed by atoms with Crippen LogP contribution in [-0.4, -0.2) is 31.0 Å². The maximum absolute atomic E-state index is 5.85. The molecular weight excluding hydrogens is 313 g/mol. The number of hydrogen-bond acceptors (Lipinski definition) is 5. The minimum absolute atomic E-state index is 0.371. The van der Waals surface area contributed by atoms with Gasteiger partial charge in [-0.2, -0.15) is 4.98 Å². The standard InChI is InChI=1S/C13H11Cl2N5O/c14-6-5-11-7-20(19-17-11)8-12-16-13(18-21-12)9-1-3-10(15)4-2-9/h1-4,7H,5-6,8H2. The van der Waals surface area contributed by atoms with Crippen molar-refractivity contribution in [3.63, 3.8) is 0 Å². The largest absolute Gasteiger partial charge is 0.337 e. The van der Waals surface area contributed by atoms with Gasteiger partial charge in [0.1, 0.15) is 6.54 Å². The Morgan fingerprint density at radius 2 is 2.00 bits per heavy atom. The van der Waals surface area contributed by atoms with E-state index in [0.29, 0.717) is 35.6 Å². The van der Waals surface area contributed by atoms with Gasteiger partial charge in [0, 0.05) is 29.1 Å². The van der Waals surface area contributed by atoms with Crippen molar-refractivity contribution in [1.82, 2.24) is 25.1 Å². The minimum atomic E-state index is 0.371. The topological polar surface area (TPSA) is 69.6 Å². The van der Waals surface area contributed by atoms with E-state index in [9.17, 15) is 0 Å². The molecule has 0 saturated carbocycles. The summed E-state index contributed by atoms with van der Waals surface area (Å²) in [5, 5.41) is 12.6. The van der Waals surface area contributed by atoms with Gasteiger partial charge in [-0.15, -0.1) is 16.7 Å². The fourth-order valence-electron chi connectivity index (χ4n) is 1.80. The first-order valence-corrected chi connectivity index (χ1v) is 7.19. The normalized spacial score (nSPS) is 11.0. The zero-order valence-corrected chi connectivity index (χ0v) is 12.4. The van der Waals surface area contributed by atoms with E-state index in [4.69, 9.17) is 27.7 Å². The molecule has 6 nitrogen and oxygen atoms in total. The van der Waals surface area contributed by atoms with Crippen molar-refractivity contribution in [1.29, 1.82) is 0 Å². The molecule has 3 rings (SSSR count). The Kier molecular flexibility index (Phi) is 4.17. The minimum Gasteiger partial charge on any atom is -0.337 e. The van der Waals surface area contributed by atoms with E-state index in [1.807, 2.05) is 18.3 Å². The molecule has 0 amide bonds. The average Bonchev–Trinajstić information content (AvgIpc) is 3.11. The summed E-state index contributed by atoms with van der Waals surface area (Å²) < 4.78 is 6.85. The van der Waals surface area contributed by atoms with E-state index in [0.717, 1.165) is 11.3 Å². The number of alkyl halides is 1. The van der Waals surface area contributed by atoms with Crippen LogP contribution in [0.25, 0.3) is 11.4 Å². The number of nitrogens with zero attached hydrogens (tertiary/aromatic N) is 5. The lowest BCUT2D eigenvalue weighted by Crippen LogP contribution is -2.00. The highest BCUT2D eigenvalue weighted by molar-refractivity contribution is 6.30. The lowest BCUT2D eigenvalue weighted by Gasteiger charge is -1.94. The summed E-state index contributed by atoms with van der Waals surface area (Å²) in [6.07, 6.45) is 2.50. The summed E-state index contributed by atoms with van der Waals surface area (Å²) in [6, 6.07) is 7.24. The van der Waals surface area contributed by atoms with Gasteiger partial charge in [0.15, 0.2) is 0 Å². The number of aryl methyl sites for hydroxylation is 1. The van der Waals surface area contributed by atoms with E-state index < -0.39 is 0 Å². The number of aromatic nitrogens is 5. The zero-order valence-electron chi connectivity index (χ0n) is 10.9. The van der Waals surface area contributed by atoms with E-state index >= 15 is 0 Å². The average molecular weight is 324 g/mol. The van der Waals surface area contributed by atoms with Gasteiger partial charge in [-0.25, -0.2) is 4.68 Å². The molecule has 0 aliphatic carbocycles. The third kappa shape index (κ3) is 3.40. The van der Waals surface area contributed by atoms with Gasteiger partial charge in [-0.3, -0.25) is 0 Å². The van der Waals surface area contributed by atoms with Crippen molar-refractivity contribution in [2.75, 3.05) is 5.88 Å². The van der Waals surface area contributed by atoms with Gasteiger partial charge in [0.25, 0.3) is 0 Å². The maximum Gasteiger partial charge on any atom is 0.248 e. The van der Waals surface area contributed by atoms with E-state index in [-0.39, 0.29) is 0 Å². The molecule has 0 bridgehead atoms. The van der Waals surface area contributed by atoms with Crippen molar-refractivity contribution in [3.8, 4) is 11.4 Å².